The number of amides is 1. The number of piperidine rings is 1. The molecule has 2 aromatic heterocycles. The molecule has 4 rings (SSSR count). The van der Waals surface area contributed by atoms with Gasteiger partial charge in [-0.15, -0.1) is 10.2 Å². The molecule has 1 fully saturated rings. The van der Waals surface area contributed by atoms with Crippen LogP contribution in [0.4, 0.5) is 5.69 Å². The second-order valence-corrected chi connectivity index (χ2v) is 7.48. The molecule has 140 valence electrons. The van der Waals surface area contributed by atoms with Crippen LogP contribution in [0.1, 0.15) is 24.7 Å². The Bertz CT molecular complexity index is 884. The predicted molar refractivity (Wildman–Crippen MR) is 103 cm³/mol. The van der Waals surface area contributed by atoms with Crippen molar-refractivity contribution in [3.05, 3.63) is 53.2 Å². The summed E-state index contributed by atoms with van der Waals surface area (Å²) in [6.45, 7) is 2.02. The van der Waals surface area contributed by atoms with E-state index in [4.69, 9.17) is 8.83 Å². The summed E-state index contributed by atoms with van der Waals surface area (Å²) in [6.07, 6.45) is 4.94. The Balaban J connectivity index is 1.27. The quantitative estimate of drug-likeness (QED) is 0.660. The van der Waals surface area contributed by atoms with Gasteiger partial charge in [-0.05, 0) is 56.3 Å². The van der Waals surface area contributed by atoms with Crippen LogP contribution < -0.4 is 5.32 Å². The number of carbonyl (C=O) groups is 1. The van der Waals surface area contributed by atoms with E-state index in [0.717, 1.165) is 41.7 Å². The number of carbonyl (C=O) groups excluding carboxylic acids is 1. The Hall–Kier alpha value is -2.45. The maximum absolute atomic E-state index is 12.2. The second-order valence-electron chi connectivity index (χ2n) is 6.56. The Kier molecular flexibility index (Phi) is 5.35. The van der Waals surface area contributed by atoms with Crippen LogP contribution in [0.5, 0.6) is 0 Å². The van der Waals surface area contributed by atoms with Crippen molar-refractivity contribution in [3.8, 4) is 11.5 Å². The molecular formula is C19H19BrN4O3. The summed E-state index contributed by atoms with van der Waals surface area (Å²) in [6, 6.07) is 9.36. The van der Waals surface area contributed by atoms with Crippen LogP contribution in [0.2, 0.25) is 0 Å². The van der Waals surface area contributed by atoms with Crippen LogP contribution in [0.3, 0.4) is 0 Å². The molecule has 3 aromatic rings. The van der Waals surface area contributed by atoms with Crippen LogP contribution in [0.25, 0.3) is 11.5 Å². The van der Waals surface area contributed by atoms with E-state index in [1.807, 2.05) is 24.3 Å². The number of benzene rings is 1. The number of anilines is 1. The first-order valence-corrected chi connectivity index (χ1v) is 9.60. The first kappa shape index (κ1) is 17.9. The molecule has 0 bridgehead atoms. The van der Waals surface area contributed by atoms with Crippen molar-refractivity contribution in [1.29, 1.82) is 0 Å². The summed E-state index contributed by atoms with van der Waals surface area (Å²) in [5, 5.41) is 11.2. The van der Waals surface area contributed by atoms with Crippen molar-refractivity contribution in [3.63, 3.8) is 0 Å². The van der Waals surface area contributed by atoms with Gasteiger partial charge in [-0.25, -0.2) is 0 Å². The van der Waals surface area contributed by atoms with Crippen molar-refractivity contribution in [2.24, 2.45) is 0 Å². The molecule has 8 heteroatoms. The average Bonchev–Trinajstić information content (AvgIpc) is 3.36. The van der Waals surface area contributed by atoms with Crippen LogP contribution in [0.15, 0.2) is 56.2 Å². The molecule has 1 amide bonds. The van der Waals surface area contributed by atoms with Gasteiger partial charge in [0.15, 0.2) is 0 Å². The van der Waals surface area contributed by atoms with Crippen molar-refractivity contribution in [1.82, 2.24) is 15.1 Å². The van der Waals surface area contributed by atoms with Gasteiger partial charge in [-0.2, -0.15) is 0 Å². The Labute approximate surface area is 164 Å². The van der Waals surface area contributed by atoms with E-state index >= 15 is 0 Å². The van der Waals surface area contributed by atoms with Crippen molar-refractivity contribution in [2.75, 3.05) is 25.0 Å². The van der Waals surface area contributed by atoms with E-state index in [1.165, 1.54) is 0 Å². The number of halogens is 1. The number of nitrogens with zero attached hydrogens (tertiary/aromatic N) is 3. The summed E-state index contributed by atoms with van der Waals surface area (Å²) in [5.41, 5.74) is 1.59. The number of nitrogens with one attached hydrogen (secondary N) is 1. The lowest BCUT2D eigenvalue weighted by molar-refractivity contribution is -0.117. The monoisotopic (exact) mass is 430 g/mol. The summed E-state index contributed by atoms with van der Waals surface area (Å²) in [4.78, 5) is 14.4. The lowest BCUT2D eigenvalue weighted by Gasteiger charge is -2.29. The number of likely N-dealkylation sites (tertiary alicyclic amines) is 1. The Morgan fingerprint density at radius 3 is 2.67 bits per heavy atom. The second kappa shape index (κ2) is 8.06. The van der Waals surface area contributed by atoms with Gasteiger partial charge in [0.2, 0.25) is 11.8 Å². The molecule has 0 aliphatic carbocycles. The van der Waals surface area contributed by atoms with Gasteiger partial charge in [0.1, 0.15) is 6.26 Å². The topological polar surface area (TPSA) is 84.4 Å². The predicted octanol–water partition coefficient (Wildman–Crippen LogP) is 3.91. The van der Waals surface area contributed by atoms with Gasteiger partial charge in [0, 0.05) is 16.1 Å². The van der Waals surface area contributed by atoms with E-state index in [-0.39, 0.29) is 11.8 Å². The maximum atomic E-state index is 12.2. The third-order valence-corrected chi connectivity index (χ3v) is 5.17. The summed E-state index contributed by atoms with van der Waals surface area (Å²) < 4.78 is 11.8. The molecule has 1 aliphatic rings. The average molecular weight is 431 g/mol. The molecule has 0 saturated carbocycles. The first-order chi connectivity index (χ1) is 13.2. The molecule has 1 N–H and O–H groups in total. The molecule has 0 atom stereocenters. The number of hydrogen-bond acceptors (Lipinski definition) is 6. The SMILES string of the molecule is O=C(CN1CCC(c2nnc(-c3ccoc3)o2)CC1)Nc1ccc(Br)cc1. The number of furan rings is 1. The van der Waals surface area contributed by atoms with Crippen molar-refractivity contribution < 1.29 is 13.6 Å². The van der Waals surface area contributed by atoms with Gasteiger partial charge < -0.3 is 14.2 Å². The standard InChI is InChI=1S/C19H19BrN4O3/c20-15-1-3-16(4-2-15)21-17(25)11-24-8-5-13(6-9-24)18-22-23-19(27-18)14-7-10-26-12-14/h1-4,7,10,12-13H,5-6,8-9,11H2,(H,21,25). The van der Waals surface area contributed by atoms with Gasteiger partial charge >= 0.3 is 0 Å². The summed E-state index contributed by atoms with van der Waals surface area (Å²) in [7, 11) is 0. The third-order valence-electron chi connectivity index (χ3n) is 4.64. The van der Waals surface area contributed by atoms with Crippen molar-refractivity contribution >= 4 is 27.5 Å². The Morgan fingerprint density at radius 2 is 1.96 bits per heavy atom. The molecule has 27 heavy (non-hydrogen) atoms. The third kappa shape index (κ3) is 4.45. The first-order valence-electron chi connectivity index (χ1n) is 8.81. The molecular weight excluding hydrogens is 412 g/mol. The van der Waals surface area contributed by atoms with E-state index in [0.29, 0.717) is 18.3 Å². The molecule has 0 spiro atoms. The fraction of sp³-hybridized carbons (Fsp3) is 0.316. The maximum Gasteiger partial charge on any atom is 0.250 e. The van der Waals surface area contributed by atoms with Gasteiger partial charge in [0.25, 0.3) is 5.89 Å². The normalized spacial score (nSPS) is 15.7. The zero-order chi connectivity index (χ0) is 18.6. The highest BCUT2D eigenvalue weighted by molar-refractivity contribution is 9.10. The number of aromatic nitrogens is 2. The highest BCUT2D eigenvalue weighted by Gasteiger charge is 2.26. The van der Waals surface area contributed by atoms with E-state index < -0.39 is 0 Å². The van der Waals surface area contributed by atoms with E-state index in [2.05, 4.69) is 36.3 Å². The van der Waals surface area contributed by atoms with Gasteiger partial charge in [-0.1, -0.05) is 15.9 Å². The lowest BCUT2D eigenvalue weighted by atomic mass is 9.97. The zero-order valence-corrected chi connectivity index (χ0v) is 16.2. The van der Waals surface area contributed by atoms with E-state index in [1.54, 1.807) is 18.6 Å². The molecule has 1 saturated heterocycles. The van der Waals surface area contributed by atoms with Crippen molar-refractivity contribution in [2.45, 2.75) is 18.8 Å². The number of hydrogen-bond donors (Lipinski definition) is 1. The minimum absolute atomic E-state index is 0.00388. The summed E-state index contributed by atoms with van der Waals surface area (Å²) in [5.74, 6) is 1.36. The fourth-order valence-corrected chi connectivity index (χ4v) is 3.44. The molecule has 3 heterocycles. The minimum Gasteiger partial charge on any atom is -0.472 e. The molecule has 0 radical (unpaired) electrons. The van der Waals surface area contributed by atoms with Crippen LogP contribution in [-0.4, -0.2) is 40.6 Å². The van der Waals surface area contributed by atoms with Crippen LogP contribution in [-0.2, 0) is 4.79 Å². The minimum atomic E-state index is -0.00388. The highest BCUT2D eigenvalue weighted by atomic mass is 79.9. The smallest absolute Gasteiger partial charge is 0.250 e. The molecule has 7 nitrogen and oxygen atoms in total. The van der Waals surface area contributed by atoms with Gasteiger partial charge in [-0.3, -0.25) is 9.69 Å². The van der Waals surface area contributed by atoms with Gasteiger partial charge in [0.05, 0.1) is 18.4 Å². The molecule has 0 unspecified atom stereocenters. The van der Waals surface area contributed by atoms with E-state index in [9.17, 15) is 4.79 Å². The number of rotatable bonds is 5. The molecule has 1 aliphatic heterocycles. The lowest BCUT2D eigenvalue weighted by Crippen LogP contribution is -2.38. The van der Waals surface area contributed by atoms with Crippen LogP contribution in [0, 0.1) is 0 Å². The molecule has 1 aromatic carbocycles. The summed E-state index contributed by atoms with van der Waals surface area (Å²) >= 11 is 3.39. The fourth-order valence-electron chi connectivity index (χ4n) is 3.18. The Morgan fingerprint density at radius 1 is 1.19 bits per heavy atom. The highest BCUT2D eigenvalue weighted by Crippen LogP contribution is 2.29. The zero-order valence-electron chi connectivity index (χ0n) is 14.6. The largest absolute Gasteiger partial charge is 0.472 e. The van der Waals surface area contributed by atoms with Crippen LogP contribution >= 0.6 is 15.9 Å².